The van der Waals surface area contributed by atoms with E-state index in [4.69, 9.17) is 5.53 Å². The van der Waals surface area contributed by atoms with Crippen molar-refractivity contribution in [3.8, 4) is 0 Å². The zero-order chi connectivity index (χ0) is 10.6. The van der Waals surface area contributed by atoms with E-state index in [0.717, 1.165) is 18.8 Å². The predicted octanol–water partition coefficient (Wildman–Crippen LogP) is 4.42. The van der Waals surface area contributed by atoms with E-state index < -0.39 is 0 Å². The second-order valence-electron chi connectivity index (χ2n) is 5.13. The molecule has 14 heavy (non-hydrogen) atoms. The molecule has 0 spiro atoms. The van der Waals surface area contributed by atoms with Gasteiger partial charge in [-0.15, -0.1) is 0 Å². The van der Waals surface area contributed by atoms with Crippen LogP contribution in [-0.2, 0) is 0 Å². The van der Waals surface area contributed by atoms with Crippen LogP contribution in [0.5, 0.6) is 0 Å². The molecular formula is C11H19N3. The highest BCUT2D eigenvalue weighted by atomic mass is 15.1. The fourth-order valence-corrected chi connectivity index (χ4v) is 2.09. The third-order valence-electron chi connectivity index (χ3n) is 3.14. The molecule has 0 aliphatic heterocycles. The van der Waals surface area contributed by atoms with E-state index in [1.54, 1.807) is 6.20 Å². The van der Waals surface area contributed by atoms with Gasteiger partial charge in [-0.1, -0.05) is 31.5 Å². The van der Waals surface area contributed by atoms with Crippen LogP contribution in [0.15, 0.2) is 16.9 Å². The lowest BCUT2D eigenvalue weighted by Crippen LogP contribution is -2.23. The second-order valence-corrected chi connectivity index (χ2v) is 5.13. The fourth-order valence-electron chi connectivity index (χ4n) is 2.09. The summed E-state index contributed by atoms with van der Waals surface area (Å²) in [5.74, 6) is 0.811. The van der Waals surface area contributed by atoms with Gasteiger partial charge in [0, 0.05) is 11.1 Å². The minimum absolute atomic E-state index is 0.421. The summed E-state index contributed by atoms with van der Waals surface area (Å²) in [5.41, 5.74) is 9.92. The van der Waals surface area contributed by atoms with Crippen molar-refractivity contribution in [2.75, 3.05) is 0 Å². The Balaban J connectivity index is 2.50. The molecule has 0 bridgehead atoms. The summed E-state index contributed by atoms with van der Waals surface area (Å²) in [6.07, 6.45) is 6.35. The molecule has 3 heteroatoms. The van der Waals surface area contributed by atoms with Gasteiger partial charge in [0.1, 0.15) is 0 Å². The van der Waals surface area contributed by atoms with Gasteiger partial charge in [-0.05, 0) is 42.5 Å². The zero-order valence-corrected chi connectivity index (χ0v) is 9.32. The van der Waals surface area contributed by atoms with E-state index in [9.17, 15) is 0 Å². The highest BCUT2D eigenvalue weighted by Crippen LogP contribution is 2.39. The number of rotatable bonds is 1. The van der Waals surface area contributed by atoms with Crippen molar-refractivity contribution in [1.82, 2.24) is 0 Å². The van der Waals surface area contributed by atoms with Gasteiger partial charge < -0.3 is 0 Å². The molecule has 0 atom stereocenters. The normalized spacial score (nSPS) is 22.8. The average Bonchev–Trinajstić information content (AvgIpc) is 2.14. The minimum Gasteiger partial charge on any atom is -0.0686 e. The van der Waals surface area contributed by atoms with Crippen molar-refractivity contribution in [1.29, 1.82) is 0 Å². The maximum atomic E-state index is 8.19. The van der Waals surface area contributed by atoms with Gasteiger partial charge in [0.25, 0.3) is 0 Å². The molecule has 78 valence electrons. The summed E-state index contributed by atoms with van der Waals surface area (Å²) in [5, 5.41) is 3.50. The number of nitrogens with zero attached hydrogens (tertiary/aromatic N) is 3. The van der Waals surface area contributed by atoms with Crippen LogP contribution >= 0.6 is 0 Å². The summed E-state index contributed by atoms with van der Waals surface area (Å²) in [7, 11) is 0. The monoisotopic (exact) mass is 193 g/mol. The summed E-state index contributed by atoms with van der Waals surface area (Å²) in [4.78, 5) is 2.75. The van der Waals surface area contributed by atoms with Gasteiger partial charge in [0.2, 0.25) is 0 Å². The second kappa shape index (κ2) is 4.52. The average molecular weight is 193 g/mol. The molecule has 1 fully saturated rings. The van der Waals surface area contributed by atoms with Crippen LogP contribution in [-0.4, -0.2) is 0 Å². The van der Waals surface area contributed by atoms with Gasteiger partial charge >= 0.3 is 0 Å². The topological polar surface area (TPSA) is 48.8 Å². The summed E-state index contributed by atoms with van der Waals surface area (Å²) in [6.45, 7) is 6.92. The largest absolute Gasteiger partial charge is 0.0686 e. The first-order chi connectivity index (χ1) is 6.54. The van der Waals surface area contributed by atoms with Crippen LogP contribution in [0.25, 0.3) is 10.4 Å². The maximum absolute atomic E-state index is 8.19. The Morgan fingerprint density at radius 1 is 1.36 bits per heavy atom. The highest BCUT2D eigenvalue weighted by Gasteiger charge is 2.27. The van der Waals surface area contributed by atoms with Gasteiger partial charge in [-0.3, -0.25) is 0 Å². The molecule has 0 unspecified atom stereocenters. The van der Waals surface area contributed by atoms with Crippen LogP contribution in [0.4, 0.5) is 0 Å². The first-order valence-corrected chi connectivity index (χ1v) is 5.26. The van der Waals surface area contributed by atoms with Gasteiger partial charge in [0.15, 0.2) is 0 Å². The van der Waals surface area contributed by atoms with Crippen molar-refractivity contribution >= 4 is 0 Å². The van der Waals surface area contributed by atoms with Crippen molar-refractivity contribution < 1.29 is 0 Å². The molecule has 0 heterocycles. The molecule has 0 saturated heterocycles. The molecule has 1 aliphatic rings. The molecular weight excluding hydrogens is 174 g/mol. The third kappa shape index (κ3) is 3.08. The van der Waals surface area contributed by atoms with Crippen molar-refractivity contribution in [2.45, 2.75) is 46.5 Å². The summed E-state index contributed by atoms with van der Waals surface area (Å²) < 4.78 is 0. The van der Waals surface area contributed by atoms with Crippen LogP contribution in [0.2, 0.25) is 0 Å². The third-order valence-corrected chi connectivity index (χ3v) is 3.14. The Bertz CT molecular complexity index is 257. The van der Waals surface area contributed by atoms with E-state index in [2.05, 4.69) is 30.8 Å². The van der Waals surface area contributed by atoms with E-state index in [1.807, 2.05) is 0 Å². The fraction of sp³-hybridized carbons (Fsp3) is 0.818. The smallest absolute Gasteiger partial charge is 0.00475 e. The van der Waals surface area contributed by atoms with Crippen LogP contribution in [0.1, 0.15) is 46.5 Å². The van der Waals surface area contributed by atoms with E-state index >= 15 is 0 Å². The Morgan fingerprint density at radius 2 is 1.93 bits per heavy atom. The Labute approximate surface area is 85.8 Å². The number of hydrogen-bond acceptors (Lipinski definition) is 1. The van der Waals surface area contributed by atoms with Gasteiger partial charge in [0.05, 0.1) is 0 Å². The minimum atomic E-state index is 0.421. The van der Waals surface area contributed by atoms with Crippen LogP contribution < -0.4 is 0 Å². The molecule has 0 aromatic carbocycles. The number of azide groups is 1. The molecule has 0 radical (unpaired) electrons. The van der Waals surface area contributed by atoms with Crippen LogP contribution in [0.3, 0.4) is 0 Å². The quantitative estimate of drug-likeness (QED) is 0.336. The first kappa shape index (κ1) is 11.1. The first-order valence-electron chi connectivity index (χ1n) is 5.26. The van der Waals surface area contributed by atoms with E-state index in [0.29, 0.717) is 5.41 Å². The molecule has 0 aromatic heterocycles. The number of hydrogen-bond donors (Lipinski definition) is 0. The van der Waals surface area contributed by atoms with Crippen LogP contribution in [0, 0.1) is 11.3 Å². The molecule has 0 aromatic rings. The van der Waals surface area contributed by atoms with Crippen molar-refractivity contribution in [3.05, 3.63) is 22.2 Å². The summed E-state index contributed by atoms with van der Waals surface area (Å²) in [6, 6.07) is 0. The molecule has 1 rings (SSSR count). The predicted molar refractivity (Wildman–Crippen MR) is 58.6 cm³/mol. The molecule has 3 nitrogen and oxygen atoms in total. The maximum Gasteiger partial charge on any atom is 0.00475 e. The van der Waals surface area contributed by atoms with Gasteiger partial charge in [-0.25, -0.2) is 0 Å². The standard InChI is InChI=1S/C11H19N3/c1-11(2,3)10-6-4-9(5-7-10)8-13-14-12/h8,10H,4-7H2,1-3H3. The molecule has 1 saturated carbocycles. The Morgan fingerprint density at radius 3 is 2.36 bits per heavy atom. The molecule has 0 N–H and O–H groups in total. The van der Waals surface area contributed by atoms with Crippen molar-refractivity contribution in [3.63, 3.8) is 0 Å². The highest BCUT2D eigenvalue weighted by molar-refractivity contribution is 5.05. The van der Waals surface area contributed by atoms with E-state index in [1.165, 1.54) is 18.4 Å². The summed E-state index contributed by atoms with van der Waals surface area (Å²) >= 11 is 0. The lowest BCUT2D eigenvalue weighted by Gasteiger charge is -2.34. The SMILES string of the molecule is CC(C)(C)C1CCC(=CN=[N+]=[N-])CC1. The number of allylic oxidation sites excluding steroid dienone is 1. The molecule has 1 aliphatic carbocycles. The van der Waals surface area contributed by atoms with Gasteiger partial charge in [-0.2, -0.15) is 0 Å². The van der Waals surface area contributed by atoms with Crippen molar-refractivity contribution in [2.24, 2.45) is 16.4 Å². The lowest BCUT2D eigenvalue weighted by molar-refractivity contribution is 0.197. The Hall–Kier alpha value is -0.950. The Kier molecular flexibility index (Phi) is 3.59. The molecule has 0 amide bonds. The zero-order valence-electron chi connectivity index (χ0n) is 9.32. The van der Waals surface area contributed by atoms with E-state index in [-0.39, 0.29) is 0 Å². The lowest BCUT2D eigenvalue weighted by atomic mass is 9.71.